The molecule has 3 rings (SSSR count). The summed E-state index contributed by atoms with van der Waals surface area (Å²) < 4.78 is 7.22. The van der Waals surface area contributed by atoms with Crippen LogP contribution in [0.15, 0.2) is 0 Å². The molecule has 0 radical (unpaired) electrons. The van der Waals surface area contributed by atoms with Gasteiger partial charge in [0, 0.05) is 19.0 Å². The van der Waals surface area contributed by atoms with Gasteiger partial charge in [-0.1, -0.05) is 11.6 Å². The fraction of sp³-hybridized carbons (Fsp3) is 0.765. The first kappa shape index (κ1) is 17.7. The number of carbonyl (C=O) groups excluding carboxylic acids is 1. The van der Waals surface area contributed by atoms with Gasteiger partial charge < -0.3 is 14.7 Å². The van der Waals surface area contributed by atoms with Crippen molar-refractivity contribution in [3.05, 3.63) is 11.4 Å². The first-order chi connectivity index (χ1) is 11.8. The van der Waals surface area contributed by atoms with Crippen molar-refractivity contribution in [2.24, 2.45) is 0 Å². The summed E-state index contributed by atoms with van der Waals surface area (Å²) in [6.45, 7) is 6.71. The lowest BCUT2D eigenvalue weighted by atomic mass is 9.81. The van der Waals surface area contributed by atoms with Crippen LogP contribution in [0.1, 0.15) is 81.0 Å². The van der Waals surface area contributed by atoms with Crippen LogP contribution in [-0.4, -0.2) is 55.8 Å². The zero-order valence-electron chi connectivity index (χ0n) is 15.1. The lowest BCUT2D eigenvalue weighted by Gasteiger charge is -2.35. The van der Waals surface area contributed by atoms with E-state index in [-0.39, 0.29) is 23.7 Å². The average Bonchev–Trinajstić information content (AvgIpc) is 2.88. The molecule has 8 heteroatoms. The second-order valence-corrected chi connectivity index (χ2v) is 7.90. The van der Waals surface area contributed by atoms with Gasteiger partial charge in [0.05, 0.1) is 11.7 Å². The summed E-state index contributed by atoms with van der Waals surface area (Å²) in [4.78, 5) is 25.3. The molecule has 2 aliphatic rings. The summed E-state index contributed by atoms with van der Waals surface area (Å²) >= 11 is 0. The molecule has 1 saturated carbocycles. The average molecular weight is 350 g/mol. The highest BCUT2D eigenvalue weighted by molar-refractivity contribution is 5.86. The standard InChI is InChI=1S/C17H26N4O4/c1-17(2,3)25-16(24)20-9-7-12(8-10-20)21-14(11-5-4-6-11)13(15(22)23)18-19-21/h11-12H,4-10H2,1-3H3,(H,22,23). The Hall–Kier alpha value is -2.12. The predicted molar refractivity (Wildman–Crippen MR) is 89.7 cm³/mol. The minimum Gasteiger partial charge on any atom is -0.476 e. The molecule has 1 N–H and O–H groups in total. The second-order valence-electron chi connectivity index (χ2n) is 7.90. The summed E-state index contributed by atoms with van der Waals surface area (Å²) in [5, 5.41) is 17.4. The maximum absolute atomic E-state index is 12.2. The highest BCUT2D eigenvalue weighted by atomic mass is 16.6. The number of carbonyl (C=O) groups is 2. The Labute approximate surface area is 147 Å². The number of hydrogen-bond acceptors (Lipinski definition) is 5. The monoisotopic (exact) mass is 350 g/mol. The van der Waals surface area contributed by atoms with Gasteiger partial charge >= 0.3 is 12.1 Å². The number of amides is 1. The van der Waals surface area contributed by atoms with Crippen LogP contribution in [-0.2, 0) is 4.74 Å². The van der Waals surface area contributed by atoms with Gasteiger partial charge in [0.1, 0.15) is 5.60 Å². The third kappa shape index (κ3) is 3.77. The van der Waals surface area contributed by atoms with E-state index < -0.39 is 11.6 Å². The fourth-order valence-electron chi connectivity index (χ4n) is 3.40. The number of rotatable bonds is 3. The smallest absolute Gasteiger partial charge is 0.410 e. The van der Waals surface area contributed by atoms with Crippen molar-refractivity contribution in [2.45, 2.75) is 70.4 Å². The number of piperidine rings is 1. The van der Waals surface area contributed by atoms with Gasteiger partial charge in [-0.25, -0.2) is 14.3 Å². The first-order valence-corrected chi connectivity index (χ1v) is 8.92. The van der Waals surface area contributed by atoms with Crippen molar-refractivity contribution in [1.29, 1.82) is 0 Å². The van der Waals surface area contributed by atoms with Gasteiger partial charge in [0.25, 0.3) is 0 Å². The number of nitrogens with zero attached hydrogens (tertiary/aromatic N) is 4. The highest BCUT2D eigenvalue weighted by Crippen LogP contribution is 2.39. The Bertz CT molecular complexity index is 652. The predicted octanol–water partition coefficient (Wildman–Crippen LogP) is 2.82. The van der Waals surface area contributed by atoms with Gasteiger partial charge in [0.2, 0.25) is 0 Å². The normalized spacial score (nSPS) is 19.6. The number of hydrogen-bond donors (Lipinski definition) is 1. The molecule has 8 nitrogen and oxygen atoms in total. The minimum absolute atomic E-state index is 0.0786. The van der Waals surface area contributed by atoms with E-state index in [1.54, 1.807) is 9.58 Å². The lowest BCUT2D eigenvalue weighted by Crippen LogP contribution is -2.42. The Morgan fingerprint density at radius 3 is 2.28 bits per heavy atom. The van der Waals surface area contributed by atoms with Gasteiger partial charge in [0.15, 0.2) is 5.69 Å². The molecule has 1 aliphatic carbocycles. The number of aromatic carboxylic acids is 1. The minimum atomic E-state index is -1.01. The van der Waals surface area contributed by atoms with Crippen molar-refractivity contribution >= 4 is 12.1 Å². The Morgan fingerprint density at radius 1 is 1.16 bits per heavy atom. The molecule has 1 amide bonds. The maximum Gasteiger partial charge on any atom is 0.410 e. The molecule has 1 saturated heterocycles. The number of ether oxygens (including phenoxy) is 1. The molecule has 0 spiro atoms. The van der Waals surface area contributed by atoms with Crippen LogP contribution in [0, 0.1) is 0 Å². The quantitative estimate of drug-likeness (QED) is 0.900. The topological polar surface area (TPSA) is 97.5 Å². The van der Waals surface area contributed by atoms with Gasteiger partial charge in [-0.15, -0.1) is 5.10 Å². The Balaban J connectivity index is 1.69. The summed E-state index contributed by atoms with van der Waals surface area (Å²) in [7, 11) is 0. The van der Waals surface area contributed by atoms with Crippen LogP contribution in [0.2, 0.25) is 0 Å². The summed E-state index contributed by atoms with van der Waals surface area (Å²) in [6.07, 6.45) is 4.25. The molecule has 0 unspecified atom stereocenters. The Morgan fingerprint density at radius 2 is 1.80 bits per heavy atom. The van der Waals surface area contributed by atoms with Gasteiger partial charge in [-0.2, -0.15) is 0 Å². The van der Waals surface area contributed by atoms with Crippen molar-refractivity contribution in [1.82, 2.24) is 19.9 Å². The summed E-state index contributed by atoms with van der Waals surface area (Å²) in [6, 6.07) is 0.0786. The van der Waals surface area contributed by atoms with Crippen LogP contribution >= 0.6 is 0 Å². The van der Waals surface area contributed by atoms with Crippen LogP contribution in [0.4, 0.5) is 4.79 Å². The van der Waals surface area contributed by atoms with Crippen molar-refractivity contribution < 1.29 is 19.4 Å². The van der Waals surface area contributed by atoms with Gasteiger partial charge in [-0.05, 0) is 46.5 Å². The van der Waals surface area contributed by atoms with E-state index in [1.807, 2.05) is 20.8 Å². The molecule has 2 fully saturated rings. The SMILES string of the molecule is CC(C)(C)OC(=O)N1CCC(n2nnc(C(=O)O)c2C2CCC2)CC1. The number of aromatic nitrogens is 3. The van der Waals surface area contributed by atoms with Crippen LogP contribution in [0.5, 0.6) is 0 Å². The summed E-state index contributed by atoms with van der Waals surface area (Å²) in [5.41, 5.74) is 0.335. The van der Waals surface area contributed by atoms with Crippen molar-refractivity contribution in [3.63, 3.8) is 0 Å². The number of carboxylic acids is 1. The molecule has 1 aromatic rings. The van der Waals surface area contributed by atoms with Crippen LogP contribution < -0.4 is 0 Å². The first-order valence-electron chi connectivity index (χ1n) is 8.92. The highest BCUT2D eigenvalue weighted by Gasteiger charge is 2.35. The van der Waals surface area contributed by atoms with E-state index in [1.165, 1.54) is 0 Å². The second kappa shape index (κ2) is 6.65. The summed E-state index contributed by atoms with van der Waals surface area (Å²) in [5.74, 6) is -0.774. The zero-order chi connectivity index (χ0) is 18.2. The zero-order valence-corrected chi connectivity index (χ0v) is 15.1. The van der Waals surface area contributed by atoms with Gasteiger partial charge in [-0.3, -0.25) is 0 Å². The molecular formula is C17H26N4O4. The third-order valence-electron chi connectivity index (χ3n) is 4.89. The number of likely N-dealkylation sites (tertiary alicyclic amines) is 1. The molecule has 0 bridgehead atoms. The Kier molecular flexibility index (Phi) is 4.71. The van der Waals surface area contributed by atoms with Crippen LogP contribution in [0.25, 0.3) is 0 Å². The molecule has 2 heterocycles. The molecule has 1 aromatic heterocycles. The van der Waals surface area contributed by atoms with Crippen molar-refractivity contribution in [3.8, 4) is 0 Å². The molecule has 0 atom stereocenters. The van der Waals surface area contributed by atoms with E-state index in [9.17, 15) is 14.7 Å². The number of carboxylic acid groups (broad SMARTS) is 1. The molecular weight excluding hydrogens is 324 g/mol. The van der Waals surface area contributed by atoms with E-state index in [2.05, 4.69) is 10.3 Å². The lowest BCUT2D eigenvalue weighted by molar-refractivity contribution is 0.0182. The largest absolute Gasteiger partial charge is 0.476 e. The van der Waals surface area contributed by atoms with E-state index in [0.717, 1.165) is 37.8 Å². The molecule has 25 heavy (non-hydrogen) atoms. The van der Waals surface area contributed by atoms with E-state index >= 15 is 0 Å². The molecule has 138 valence electrons. The molecule has 0 aromatic carbocycles. The van der Waals surface area contributed by atoms with E-state index in [0.29, 0.717) is 13.1 Å². The maximum atomic E-state index is 12.2. The van der Waals surface area contributed by atoms with E-state index in [4.69, 9.17) is 4.74 Å². The third-order valence-corrected chi connectivity index (χ3v) is 4.89. The van der Waals surface area contributed by atoms with Crippen LogP contribution in [0.3, 0.4) is 0 Å². The molecule has 1 aliphatic heterocycles. The van der Waals surface area contributed by atoms with Crippen molar-refractivity contribution in [2.75, 3.05) is 13.1 Å². The fourth-order valence-corrected chi connectivity index (χ4v) is 3.40.